The lowest BCUT2D eigenvalue weighted by Crippen LogP contribution is -2.40. The van der Waals surface area contributed by atoms with Gasteiger partial charge in [0.1, 0.15) is 0 Å². The van der Waals surface area contributed by atoms with Crippen molar-refractivity contribution in [2.24, 2.45) is 4.99 Å². The molecule has 5 heteroatoms. The van der Waals surface area contributed by atoms with Gasteiger partial charge in [0.05, 0.1) is 0 Å². The van der Waals surface area contributed by atoms with Gasteiger partial charge in [0.25, 0.3) is 0 Å². The standard InChI is InChI=1S/C18H22N4.HI/c1-2-20-18(21-12-9-15-6-5-11-19-14-15)22-13-10-16-7-3-4-8-17(16)22;/h3-8,11,14H,2,9-10,12-13H2,1H3,(H,20,21);1H. The zero-order valence-electron chi connectivity index (χ0n) is 13.4. The molecule has 0 saturated carbocycles. The summed E-state index contributed by atoms with van der Waals surface area (Å²) in [4.78, 5) is 11.2. The summed E-state index contributed by atoms with van der Waals surface area (Å²) < 4.78 is 0. The highest BCUT2D eigenvalue weighted by Gasteiger charge is 2.22. The van der Waals surface area contributed by atoms with Crippen molar-refractivity contribution in [3.05, 3.63) is 59.9 Å². The van der Waals surface area contributed by atoms with Crippen molar-refractivity contribution in [1.82, 2.24) is 10.3 Å². The number of para-hydroxylation sites is 1. The minimum atomic E-state index is 0. The zero-order chi connectivity index (χ0) is 15.2. The fourth-order valence-corrected chi connectivity index (χ4v) is 2.79. The van der Waals surface area contributed by atoms with Crippen molar-refractivity contribution < 1.29 is 0 Å². The Balaban J connectivity index is 0.00000192. The molecule has 1 N–H and O–H groups in total. The number of aromatic nitrogens is 1. The third kappa shape index (κ3) is 4.43. The van der Waals surface area contributed by atoms with Crippen molar-refractivity contribution in [3.63, 3.8) is 0 Å². The van der Waals surface area contributed by atoms with E-state index >= 15 is 0 Å². The van der Waals surface area contributed by atoms with Crippen LogP contribution in [-0.2, 0) is 12.8 Å². The topological polar surface area (TPSA) is 40.5 Å². The van der Waals surface area contributed by atoms with Crippen molar-refractivity contribution in [1.29, 1.82) is 0 Å². The van der Waals surface area contributed by atoms with Gasteiger partial charge >= 0.3 is 0 Å². The Morgan fingerprint density at radius 3 is 2.91 bits per heavy atom. The number of halogens is 1. The Morgan fingerprint density at radius 1 is 1.26 bits per heavy atom. The van der Waals surface area contributed by atoms with Gasteiger partial charge in [-0.15, -0.1) is 24.0 Å². The number of nitrogens with zero attached hydrogens (tertiary/aromatic N) is 3. The van der Waals surface area contributed by atoms with Gasteiger partial charge < -0.3 is 10.2 Å². The molecule has 0 aliphatic carbocycles. The average molecular weight is 422 g/mol. The number of nitrogens with one attached hydrogen (secondary N) is 1. The number of fused-ring (bicyclic) bond motifs is 1. The second-order valence-corrected chi connectivity index (χ2v) is 5.38. The van der Waals surface area contributed by atoms with Gasteiger partial charge in [-0.2, -0.15) is 0 Å². The van der Waals surface area contributed by atoms with E-state index in [0.717, 1.165) is 38.4 Å². The molecule has 0 spiro atoms. The number of aliphatic imine (C=N–C) groups is 1. The van der Waals surface area contributed by atoms with E-state index in [1.807, 2.05) is 12.3 Å². The van der Waals surface area contributed by atoms with Crippen LogP contribution in [0.25, 0.3) is 0 Å². The normalized spacial score (nSPS) is 13.4. The Kier molecular flexibility index (Phi) is 6.83. The van der Waals surface area contributed by atoms with E-state index in [1.54, 1.807) is 6.20 Å². The highest BCUT2D eigenvalue weighted by Crippen LogP contribution is 2.27. The van der Waals surface area contributed by atoms with Gasteiger partial charge in [-0.3, -0.25) is 9.98 Å². The lowest BCUT2D eigenvalue weighted by molar-refractivity contribution is 0.870. The van der Waals surface area contributed by atoms with Crippen molar-refractivity contribution in [2.75, 3.05) is 24.5 Å². The number of hydrogen-bond acceptors (Lipinski definition) is 2. The van der Waals surface area contributed by atoms with E-state index in [4.69, 9.17) is 4.99 Å². The monoisotopic (exact) mass is 422 g/mol. The molecule has 1 aromatic carbocycles. The number of benzene rings is 1. The van der Waals surface area contributed by atoms with Crippen molar-refractivity contribution >= 4 is 35.6 Å². The summed E-state index contributed by atoms with van der Waals surface area (Å²) in [7, 11) is 0. The first-order valence-electron chi connectivity index (χ1n) is 7.91. The summed E-state index contributed by atoms with van der Waals surface area (Å²) >= 11 is 0. The van der Waals surface area contributed by atoms with E-state index in [2.05, 4.69) is 52.5 Å². The van der Waals surface area contributed by atoms with Crippen LogP contribution in [0.5, 0.6) is 0 Å². The van der Waals surface area contributed by atoms with E-state index in [1.165, 1.54) is 16.8 Å². The van der Waals surface area contributed by atoms with Crippen LogP contribution in [0.15, 0.2) is 53.8 Å². The smallest absolute Gasteiger partial charge is 0.198 e. The molecular weight excluding hydrogens is 399 g/mol. The second-order valence-electron chi connectivity index (χ2n) is 5.38. The predicted molar refractivity (Wildman–Crippen MR) is 107 cm³/mol. The Morgan fingerprint density at radius 2 is 2.13 bits per heavy atom. The maximum absolute atomic E-state index is 4.79. The molecule has 4 nitrogen and oxygen atoms in total. The maximum Gasteiger partial charge on any atom is 0.198 e. The van der Waals surface area contributed by atoms with Gasteiger partial charge in [-0.25, -0.2) is 0 Å². The first-order chi connectivity index (χ1) is 10.9. The fraction of sp³-hybridized carbons (Fsp3) is 0.333. The third-order valence-corrected chi connectivity index (χ3v) is 3.86. The van der Waals surface area contributed by atoms with Crippen LogP contribution in [0.4, 0.5) is 5.69 Å². The summed E-state index contributed by atoms with van der Waals surface area (Å²) in [5.74, 6) is 0.983. The summed E-state index contributed by atoms with van der Waals surface area (Å²) in [5.41, 5.74) is 3.91. The molecule has 0 radical (unpaired) electrons. The van der Waals surface area contributed by atoms with E-state index < -0.39 is 0 Å². The summed E-state index contributed by atoms with van der Waals surface area (Å²) in [6, 6.07) is 12.7. The van der Waals surface area contributed by atoms with Crippen LogP contribution in [0.3, 0.4) is 0 Å². The van der Waals surface area contributed by atoms with Crippen LogP contribution in [0.1, 0.15) is 18.1 Å². The molecule has 1 aliphatic rings. The SMILES string of the molecule is CCNC(=NCCc1cccnc1)N1CCc2ccccc21.I. The molecular formula is C18H23IN4. The maximum atomic E-state index is 4.79. The van der Waals surface area contributed by atoms with E-state index in [-0.39, 0.29) is 24.0 Å². The van der Waals surface area contributed by atoms with Gasteiger partial charge in [0.2, 0.25) is 0 Å². The summed E-state index contributed by atoms with van der Waals surface area (Å²) in [5, 5.41) is 3.41. The van der Waals surface area contributed by atoms with Crippen LogP contribution in [0.2, 0.25) is 0 Å². The number of pyridine rings is 1. The number of rotatable bonds is 4. The fourth-order valence-electron chi connectivity index (χ4n) is 2.79. The minimum absolute atomic E-state index is 0. The molecule has 23 heavy (non-hydrogen) atoms. The summed E-state index contributed by atoms with van der Waals surface area (Å²) in [6.07, 6.45) is 5.72. The van der Waals surface area contributed by atoms with Crippen molar-refractivity contribution in [3.8, 4) is 0 Å². The Labute approximate surface area is 155 Å². The quantitative estimate of drug-likeness (QED) is 0.467. The second kappa shape index (κ2) is 8.86. The zero-order valence-corrected chi connectivity index (χ0v) is 15.7. The molecule has 122 valence electrons. The van der Waals surface area contributed by atoms with Crippen LogP contribution < -0.4 is 10.2 Å². The lowest BCUT2D eigenvalue weighted by Gasteiger charge is -2.22. The summed E-state index contributed by atoms with van der Waals surface area (Å²) in [6.45, 7) is 4.76. The molecule has 0 atom stereocenters. The molecule has 0 unspecified atom stereocenters. The van der Waals surface area contributed by atoms with Gasteiger partial charge in [0, 0.05) is 37.7 Å². The molecule has 2 aromatic rings. The Bertz CT molecular complexity index is 642. The molecule has 2 heterocycles. The van der Waals surface area contributed by atoms with Crippen LogP contribution in [0, 0.1) is 0 Å². The average Bonchev–Trinajstić information content (AvgIpc) is 2.99. The van der Waals surface area contributed by atoms with Gasteiger partial charge in [0.15, 0.2) is 5.96 Å². The third-order valence-electron chi connectivity index (χ3n) is 3.86. The minimum Gasteiger partial charge on any atom is -0.356 e. The number of hydrogen-bond donors (Lipinski definition) is 1. The molecule has 1 aromatic heterocycles. The molecule has 0 saturated heterocycles. The van der Waals surface area contributed by atoms with E-state index in [0.29, 0.717) is 0 Å². The molecule has 0 amide bonds. The largest absolute Gasteiger partial charge is 0.356 e. The van der Waals surface area contributed by atoms with Gasteiger partial charge in [-0.1, -0.05) is 24.3 Å². The van der Waals surface area contributed by atoms with Crippen LogP contribution in [-0.4, -0.2) is 30.6 Å². The lowest BCUT2D eigenvalue weighted by atomic mass is 10.2. The first kappa shape index (κ1) is 17.7. The predicted octanol–water partition coefficient (Wildman–Crippen LogP) is 3.27. The number of anilines is 1. The first-order valence-corrected chi connectivity index (χ1v) is 7.91. The van der Waals surface area contributed by atoms with Gasteiger partial charge in [-0.05, 0) is 43.0 Å². The van der Waals surface area contributed by atoms with Crippen LogP contribution >= 0.6 is 24.0 Å². The van der Waals surface area contributed by atoms with Crippen molar-refractivity contribution in [2.45, 2.75) is 19.8 Å². The highest BCUT2D eigenvalue weighted by atomic mass is 127. The van der Waals surface area contributed by atoms with E-state index in [9.17, 15) is 0 Å². The molecule has 0 bridgehead atoms. The molecule has 0 fully saturated rings. The highest BCUT2D eigenvalue weighted by molar-refractivity contribution is 14.0. The Hall–Kier alpha value is -1.63. The number of guanidine groups is 1. The molecule has 1 aliphatic heterocycles. The molecule has 3 rings (SSSR count).